The van der Waals surface area contributed by atoms with Crippen LogP contribution in [-0.2, 0) is 9.53 Å². The highest BCUT2D eigenvalue weighted by atomic mass is 35.5. The van der Waals surface area contributed by atoms with E-state index in [2.05, 4.69) is 15.4 Å². The van der Waals surface area contributed by atoms with Crippen molar-refractivity contribution in [3.8, 4) is 11.5 Å². The molecule has 1 unspecified atom stereocenters. The fraction of sp³-hybridized carbons (Fsp3) is 0.343. The number of ether oxygens (including phenoxy) is 3. The van der Waals surface area contributed by atoms with Crippen molar-refractivity contribution in [1.82, 2.24) is 19.9 Å². The summed E-state index contributed by atoms with van der Waals surface area (Å²) in [5.41, 5.74) is 0.573. The summed E-state index contributed by atoms with van der Waals surface area (Å²) in [4.78, 5) is 61.7. The number of benzene rings is 3. The number of nitrogens with zero attached hydrogens (tertiary/aromatic N) is 5. The second-order valence-corrected chi connectivity index (χ2v) is 12.1. The highest BCUT2D eigenvalue weighted by Crippen LogP contribution is 2.37. The molecular weight excluding hydrogens is 685 g/mol. The molecule has 3 aromatic carbocycles. The molecule has 4 aromatic rings. The number of rotatable bonds is 10. The van der Waals surface area contributed by atoms with Crippen molar-refractivity contribution in [2.45, 2.75) is 32.4 Å². The topological polar surface area (TPSA) is 148 Å². The number of halogens is 2. The summed E-state index contributed by atoms with van der Waals surface area (Å²) < 4.78 is 30.9. The number of hydrogen-bond acceptors (Lipinski definition) is 9. The predicted octanol–water partition coefficient (Wildman–Crippen LogP) is 4.92. The Balaban J connectivity index is 1.58. The van der Waals surface area contributed by atoms with Gasteiger partial charge in [0, 0.05) is 29.9 Å². The summed E-state index contributed by atoms with van der Waals surface area (Å²) in [7, 11) is 4.19. The smallest absolute Gasteiger partial charge is 0.407 e. The molecule has 1 fully saturated rings. The third-order valence-electron chi connectivity index (χ3n) is 8.59. The monoisotopic (exact) mass is 723 g/mol. The van der Waals surface area contributed by atoms with E-state index < -0.39 is 35.6 Å². The van der Waals surface area contributed by atoms with Gasteiger partial charge in [-0.25, -0.2) is 23.6 Å². The first-order chi connectivity index (χ1) is 24.5. The van der Waals surface area contributed by atoms with Crippen molar-refractivity contribution in [2.75, 3.05) is 62.7 Å². The van der Waals surface area contributed by atoms with Gasteiger partial charge in [0.1, 0.15) is 23.4 Å². The fourth-order valence-corrected chi connectivity index (χ4v) is 6.06. The van der Waals surface area contributed by atoms with Crippen molar-refractivity contribution < 1.29 is 33.0 Å². The molecule has 0 aliphatic carbocycles. The average molecular weight is 724 g/mol. The highest BCUT2D eigenvalue weighted by Gasteiger charge is 2.34. The van der Waals surface area contributed by atoms with Crippen LogP contribution in [0, 0.1) is 5.82 Å². The molecule has 0 bridgehead atoms. The van der Waals surface area contributed by atoms with Crippen LogP contribution in [0.15, 0.2) is 65.5 Å². The van der Waals surface area contributed by atoms with Gasteiger partial charge in [0.05, 0.1) is 57.1 Å². The quantitative estimate of drug-likeness (QED) is 0.233. The lowest BCUT2D eigenvalue weighted by atomic mass is 10.1. The maximum Gasteiger partial charge on any atom is 0.407 e. The van der Waals surface area contributed by atoms with Crippen LogP contribution in [0.25, 0.3) is 10.9 Å². The van der Waals surface area contributed by atoms with E-state index in [1.165, 1.54) is 55.2 Å². The maximum atomic E-state index is 14.3. The first-order valence-electron chi connectivity index (χ1n) is 16.2. The number of aromatic nitrogens is 2. The highest BCUT2D eigenvalue weighted by molar-refractivity contribution is 6.31. The van der Waals surface area contributed by atoms with Gasteiger partial charge >= 0.3 is 12.1 Å². The summed E-state index contributed by atoms with van der Waals surface area (Å²) in [6.07, 6.45) is -0.347. The number of carbonyl (C=O) groups excluding carboxylic acids is 3. The maximum absolute atomic E-state index is 14.3. The second kappa shape index (κ2) is 16.0. The van der Waals surface area contributed by atoms with E-state index in [-0.39, 0.29) is 37.9 Å². The molecule has 14 nitrogen and oxygen atoms in total. The molecule has 2 N–H and O–H groups in total. The number of anilines is 2. The van der Waals surface area contributed by atoms with E-state index in [9.17, 15) is 23.6 Å². The number of alkyl carbamates (subject to hydrolysis) is 1. The van der Waals surface area contributed by atoms with Crippen LogP contribution in [0.3, 0.4) is 0 Å². The Morgan fingerprint density at radius 2 is 1.69 bits per heavy atom. The number of nitrogens with one attached hydrogen (secondary N) is 2. The Morgan fingerprint density at radius 3 is 2.31 bits per heavy atom. The average Bonchev–Trinajstić information content (AvgIpc) is 3.14. The number of methoxy groups -OCH3 is 3. The van der Waals surface area contributed by atoms with Crippen LogP contribution in [0.4, 0.5) is 25.4 Å². The first-order valence-corrected chi connectivity index (χ1v) is 16.6. The standard InChI is InChI=1S/C35H39ClFN7O7/c1-6-27(40-35(48)51-5)33(46)41-15-17-42(18-16-41)44-31(39-28-19-22(36)7-13-26(28)32(44)45)21(2)43(29-14-12-25(49-3)20-30(29)50-4)34(47)38-24-10-8-23(37)9-11-24/h7-14,19-21,27H,6,15-18H2,1-5H3,(H,38,47)(H,40,48)/t21?,27-/m0/s1. The molecule has 270 valence electrons. The largest absolute Gasteiger partial charge is 0.497 e. The van der Waals surface area contributed by atoms with E-state index in [0.29, 0.717) is 45.2 Å². The minimum Gasteiger partial charge on any atom is -0.497 e. The van der Waals surface area contributed by atoms with Gasteiger partial charge in [-0.15, -0.1) is 0 Å². The van der Waals surface area contributed by atoms with Gasteiger partial charge in [-0.05, 0) is 67.9 Å². The van der Waals surface area contributed by atoms with Crippen molar-refractivity contribution in [1.29, 1.82) is 0 Å². The number of fused-ring (bicyclic) bond motifs is 1. The molecule has 0 saturated carbocycles. The van der Waals surface area contributed by atoms with E-state index in [4.69, 9.17) is 26.1 Å². The van der Waals surface area contributed by atoms with Gasteiger partial charge in [-0.3, -0.25) is 14.5 Å². The molecule has 51 heavy (non-hydrogen) atoms. The summed E-state index contributed by atoms with van der Waals surface area (Å²) in [6, 6.07) is 12.7. The predicted molar refractivity (Wildman–Crippen MR) is 191 cm³/mol. The second-order valence-electron chi connectivity index (χ2n) is 11.6. The first kappa shape index (κ1) is 36.7. The molecule has 1 aliphatic heterocycles. The van der Waals surface area contributed by atoms with E-state index in [0.717, 1.165) is 0 Å². The minimum atomic E-state index is -0.933. The Labute approximate surface area is 298 Å². The number of hydrogen-bond donors (Lipinski definition) is 2. The molecule has 1 saturated heterocycles. The zero-order valence-corrected chi connectivity index (χ0v) is 29.6. The van der Waals surface area contributed by atoms with Crippen LogP contribution in [0.5, 0.6) is 11.5 Å². The zero-order chi connectivity index (χ0) is 36.8. The molecule has 5 rings (SSSR count). The Kier molecular flexibility index (Phi) is 11.5. The van der Waals surface area contributed by atoms with Gasteiger partial charge < -0.3 is 34.8 Å². The summed E-state index contributed by atoms with van der Waals surface area (Å²) >= 11 is 6.33. The van der Waals surface area contributed by atoms with Gasteiger partial charge in [0.15, 0.2) is 5.82 Å². The van der Waals surface area contributed by atoms with Crippen LogP contribution in [0.2, 0.25) is 5.02 Å². The van der Waals surface area contributed by atoms with Gasteiger partial charge in [-0.2, -0.15) is 0 Å². The van der Waals surface area contributed by atoms with Gasteiger partial charge in [0.2, 0.25) is 5.91 Å². The van der Waals surface area contributed by atoms with Crippen molar-refractivity contribution in [3.63, 3.8) is 0 Å². The van der Waals surface area contributed by atoms with Crippen molar-refractivity contribution in [2.24, 2.45) is 0 Å². The zero-order valence-electron chi connectivity index (χ0n) is 28.8. The Bertz CT molecular complexity index is 1970. The molecule has 0 radical (unpaired) electrons. The molecule has 2 heterocycles. The summed E-state index contributed by atoms with van der Waals surface area (Å²) in [5.74, 6) is 0.235. The van der Waals surface area contributed by atoms with E-state index >= 15 is 0 Å². The molecule has 0 spiro atoms. The summed E-state index contributed by atoms with van der Waals surface area (Å²) in [5, 5.41) is 7.82. The summed E-state index contributed by atoms with van der Waals surface area (Å²) in [6.45, 7) is 4.43. The lowest BCUT2D eigenvalue weighted by molar-refractivity contribution is -0.133. The van der Waals surface area contributed by atoms with Crippen molar-refractivity contribution in [3.05, 3.63) is 87.7 Å². The van der Waals surface area contributed by atoms with Crippen LogP contribution < -0.4 is 35.6 Å². The lowest BCUT2D eigenvalue weighted by Crippen LogP contribution is -2.59. The van der Waals surface area contributed by atoms with Crippen LogP contribution in [0.1, 0.15) is 32.1 Å². The third kappa shape index (κ3) is 7.93. The number of urea groups is 1. The number of amides is 4. The van der Waals surface area contributed by atoms with E-state index in [1.54, 1.807) is 60.2 Å². The molecular formula is C35H39ClFN7O7. The molecule has 1 aliphatic rings. The number of piperazine rings is 1. The SMILES string of the molecule is CC[C@H](NC(=O)OC)C(=O)N1CCN(n2c(C(C)N(C(=O)Nc3ccc(F)cc3)c3ccc(OC)cc3OC)nc3cc(Cl)ccc3c2=O)CC1. The third-order valence-corrected chi connectivity index (χ3v) is 8.83. The lowest BCUT2D eigenvalue weighted by Gasteiger charge is -2.40. The van der Waals surface area contributed by atoms with Crippen molar-refractivity contribution >= 4 is 51.9 Å². The minimum absolute atomic E-state index is 0.195. The van der Waals surface area contributed by atoms with Crippen LogP contribution >= 0.6 is 11.6 Å². The number of carbonyl (C=O) groups is 3. The Morgan fingerprint density at radius 1 is 0.980 bits per heavy atom. The fourth-order valence-electron chi connectivity index (χ4n) is 5.90. The molecule has 1 aromatic heterocycles. The molecule has 2 atom stereocenters. The molecule has 4 amide bonds. The normalized spacial score (nSPS) is 14.0. The Hall–Kier alpha value is -5.57. The molecule has 16 heteroatoms. The van der Waals surface area contributed by atoms with Crippen LogP contribution in [-0.4, -0.2) is 86.1 Å². The van der Waals surface area contributed by atoms with Gasteiger partial charge in [-0.1, -0.05) is 18.5 Å². The van der Waals surface area contributed by atoms with Gasteiger partial charge in [0.25, 0.3) is 5.56 Å². The van der Waals surface area contributed by atoms with E-state index in [1.807, 2.05) is 0 Å².